The van der Waals surface area contributed by atoms with E-state index in [0.717, 1.165) is 66.7 Å². The topological polar surface area (TPSA) is 39.7 Å². The fourth-order valence-corrected chi connectivity index (χ4v) is 7.45. The Morgan fingerprint density at radius 1 is 0.333 bits per heavy atom. The van der Waals surface area contributed by atoms with Gasteiger partial charge in [-0.15, -0.1) is 0 Å². The van der Waals surface area contributed by atoms with E-state index in [0.29, 0.717) is 6.61 Å². The number of rotatable bonds is 16. The van der Waals surface area contributed by atoms with E-state index in [2.05, 4.69) is 200 Å². The van der Waals surface area contributed by atoms with Gasteiger partial charge in [0, 0.05) is 32.7 Å². The maximum absolute atomic E-state index is 5.90. The molecule has 8 rings (SSSR count). The van der Waals surface area contributed by atoms with Gasteiger partial charge in [-0.25, -0.2) is 0 Å². The largest absolute Gasteiger partial charge is 0.497 e. The van der Waals surface area contributed by atoms with Gasteiger partial charge in [0.15, 0.2) is 0 Å². The summed E-state index contributed by atoms with van der Waals surface area (Å²) in [4.78, 5) is 0. The van der Waals surface area contributed by atoms with Crippen molar-refractivity contribution in [2.24, 2.45) is 0 Å². The number of anilines is 1. The van der Waals surface area contributed by atoms with Crippen molar-refractivity contribution in [1.82, 2.24) is 0 Å². The highest BCUT2D eigenvalue weighted by atomic mass is 28.1. The van der Waals surface area contributed by atoms with Crippen molar-refractivity contribution in [3.63, 3.8) is 0 Å². The summed E-state index contributed by atoms with van der Waals surface area (Å²) in [5.74, 6) is 2.63. The molecule has 0 aromatic heterocycles. The van der Waals surface area contributed by atoms with Crippen molar-refractivity contribution in [1.29, 1.82) is 0 Å². The van der Waals surface area contributed by atoms with E-state index in [1.54, 1.807) is 14.2 Å². The first-order valence-electron chi connectivity index (χ1n) is 22.2. The molecule has 0 unspecified atom stereocenters. The molecular weight excluding hydrogens is 839 g/mol. The van der Waals surface area contributed by atoms with Gasteiger partial charge in [-0.05, 0) is 104 Å². The Labute approximate surface area is 397 Å². The van der Waals surface area contributed by atoms with Crippen LogP contribution in [0.4, 0.5) is 5.69 Å². The monoisotopic (exact) mass is 895 g/mol. The second-order valence-electron chi connectivity index (χ2n) is 16.0. The van der Waals surface area contributed by atoms with E-state index in [9.17, 15) is 0 Å². The molecule has 0 aliphatic rings. The summed E-state index contributed by atoms with van der Waals surface area (Å²) in [6.45, 7) is 1.44. The first kappa shape index (κ1) is 46.3. The van der Waals surface area contributed by atoms with E-state index >= 15 is 0 Å². The number of benzene rings is 8. The molecule has 328 valence electrons. The van der Waals surface area contributed by atoms with Crippen LogP contribution < -0.4 is 29.9 Å². The van der Waals surface area contributed by atoms with Crippen LogP contribution in [0.5, 0.6) is 17.2 Å². The maximum Gasteiger partial charge on any atom is 0.119 e. The summed E-state index contributed by atoms with van der Waals surface area (Å²) >= 11 is 0. The molecule has 0 atom stereocenters. The van der Waals surface area contributed by atoms with Gasteiger partial charge in [-0.2, -0.15) is 0 Å². The van der Waals surface area contributed by atoms with Gasteiger partial charge in [-0.1, -0.05) is 205 Å². The summed E-state index contributed by atoms with van der Waals surface area (Å²) < 4.78 is 16.3. The molecule has 0 heterocycles. The molecule has 0 radical (unpaired) electrons. The van der Waals surface area contributed by atoms with Crippen molar-refractivity contribution >= 4 is 85.2 Å². The average Bonchev–Trinajstić information content (AvgIpc) is 3.37. The summed E-state index contributed by atoms with van der Waals surface area (Å²) in [5.41, 5.74) is 13.0. The molecule has 0 saturated heterocycles. The SMILES string of the molecule is COc1ccc(/C=C/c2ccc(/C=C/c3ccc(NCc4ccc([SiH3])cc4)cc3)cc2)cc1.COc1ccc(/C=C/c2ccc(/C=C/c3ccc(OCc4ccc([SiH3])cc4)cc3)cc2)cc1. The quantitative estimate of drug-likeness (QED) is 0.0775. The smallest absolute Gasteiger partial charge is 0.119 e. The minimum Gasteiger partial charge on any atom is -0.497 e. The highest BCUT2D eigenvalue weighted by Gasteiger charge is 1.99. The number of methoxy groups -OCH3 is 2. The Balaban J connectivity index is 0.000000196. The van der Waals surface area contributed by atoms with Gasteiger partial charge in [-0.3, -0.25) is 0 Å². The standard InChI is InChI=1S/C30H29NOSi.C30H28O2Si/c1-32-29-18-12-26(13-19-29)9-7-24-4-2-23(3-5-24)6-8-25-10-16-28(17-11-25)31-22-27-14-20-30(33)21-15-27;1-31-28-16-10-25(11-17-28)8-6-23-2-4-24(5-3-23)7-9-26-12-18-29(19-13-26)32-22-27-14-20-30(33)21-15-27/h2-21,31H,22H2,1,33H3;2-21H,22H2,1,33H3/b2*8-6+,9-7+. The third kappa shape index (κ3) is 15.3. The van der Waals surface area contributed by atoms with Gasteiger partial charge in [0.2, 0.25) is 0 Å². The molecule has 0 aliphatic carbocycles. The lowest BCUT2D eigenvalue weighted by Crippen LogP contribution is -2.04. The highest BCUT2D eigenvalue weighted by molar-refractivity contribution is 6.32. The van der Waals surface area contributed by atoms with Crippen molar-refractivity contribution in [3.05, 3.63) is 250 Å². The van der Waals surface area contributed by atoms with Gasteiger partial charge in [0.05, 0.1) is 14.2 Å². The zero-order valence-electron chi connectivity index (χ0n) is 38.2. The van der Waals surface area contributed by atoms with Crippen LogP contribution in [0.15, 0.2) is 194 Å². The Kier molecular flexibility index (Phi) is 17.2. The molecule has 0 fully saturated rings. The third-order valence-corrected chi connectivity index (χ3v) is 12.2. The Hall–Kier alpha value is -7.65. The summed E-state index contributed by atoms with van der Waals surface area (Å²) in [7, 11) is 5.55. The van der Waals surface area contributed by atoms with Gasteiger partial charge >= 0.3 is 0 Å². The van der Waals surface area contributed by atoms with Crippen LogP contribution in [0.2, 0.25) is 0 Å². The van der Waals surface area contributed by atoms with E-state index in [1.807, 2.05) is 48.5 Å². The molecule has 6 heteroatoms. The lowest BCUT2D eigenvalue weighted by molar-refractivity contribution is 0.306. The zero-order valence-corrected chi connectivity index (χ0v) is 42.2. The lowest BCUT2D eigenvalue weighted by atomic mass is 10.1. The molecule has 1 N–H and O–H groups in total. The van der Waals surface area contributed by atoms with Crippen LogP contribution in [0.25, 0.3) is 48.6 Å². The first-order valence-corrected chi connectivity index (χ1v) is 24.2. The molecular formula is C60H57NO3Si2. The number of nitrogens with one attached hydrogen (secondary N) is 1. The second kappa shape index (κ2) is 24.4. The van der Waals surface area contributed by atoms with E-state index in [4.69, 9.17) is 14.2 Å². The molecule has 8 aromatic carbocycles. The van der Waals surface area contributed by atoms with Crippen molar-refractivity contribution in [2.75, 3.05) is 19.5 Å². The predicted octanol–water partition coefficient (Wildman–Crippen LogP) is 11.2. The minimum atomic E-state index is 0.594. The number of hydrogen-bond donors (Lipinski definition) is 1. The van der Waals surface area contributed by atoms with Crippen LogP contribution >= 0.6 is 0 Å². The van der Waals surface area contributed by atoms with Crippen molar-refractivity contribution in [2.45, 2.75) is 13.2 Å². The Morgan fingerprint density at radius 3 is 0.924 bits per heavy atom. The fraction of sp³-hybridized carbons (Fsp3) is 0.0667. The molecule has 0 aliphatic heterocycles. The molecule has 0 amide bonds. The summed E-state index contributed by atoms with van der Waals surface area (Å²) in [5, 5.41) is 6.31. The minimum absolute atomic E-state index is 0.594. The van der Waals surface area contributed by atoms with E-state index in [-0.39, 0.29) is 0 Å². The van der Waals surface area contributed by atoms with Gasteiger partial charge < -0.3 is 19.5 Å². The summed E-state index contributed by atoms with van der Waals surface area (Å²) in [6, 6.07) is 67.4. The average molecular weight is 896 g/mol. The molecule has 0 saturated carbocycles. The van der Waals surface area contributed by atoms with Crippen molar-refractivity contribution < 1.29 is 14.2 Å². The van der Waals surface area contributed by atoms with Gasteiger partial charge in [0.25, 0.3) is 0 Å². The third-order valence-electron chi connectivity index (χ3n) is 10.9. The second-order valence-corrected chi connectivity index (χ2v) is 18.3. The molecule has 0 bridgehead atoms. The van der Waals surface area contributed by atoms with Crippen LogP contribution in [-0.2, 0) is 13.2 Å². The molecule has 8 aromatic rings. The summed E-state index contributed by atoms with van der Waals surface area (Å²) in [6.07, 6.45) is 17.0. The highest BCUT2D eigenvalue weighted by Crippen LogP contribution is 2.20. The fourth-order valence-electron chi connectivity index (χ4n) is 6.78. The lowest BCUT2D eigenvalue weighted by Gasteiger charge is -2.07. The van der Waals surface area contributed by atoms with E-state index < -0.39 is 0 Å². The molecule has 4 nitrogen and oxygen atoms in total. The van der Waals surface area contributed by atoms with E-state index in [1.165, 1.54) is 49.3 Å². The zero-order chi connectivity index (χ0) is 45.8. The maximum atomic E-state index is 5.90. The van der Waals surface area contributed by atoms with Gasteiger partial charge in [0.1, 0.15) is 23.9 Å². The number of ether oxygens (including phenoxy) is 3. The molecule has 66 heavy (non-hydrogen) atoms. The first-order chi connectivity index (χ1) is 32.3. The molecule has 0 spiro atoms. The Bertz CT molecular complexity index is 2610. The van der Waals surface area contributed by atoms with Crippen LogP contribution in [0.1, 0.15) is 55.6 Å². The number of hydrogen-bond acceptors (Lipinski definition) is 4. The normalized spacial score (nSPS) is 11.3. The Morgan fingerprint density at radius 2 is 0.606 bits per heavy atom. The van der Waals surface area contributed by atoms with Crippen LogP contribution in [0.3, 0.4) is 0 Å². The predicted molar refractivity (Wildman–Crippen MR) is 291 cm³/mol. The van der Waals surface area contributed by atoms with Crippen molar-refractivity contribution in [3.8, 4) is 17.2 Å². The van der Waals surface area contributed by atoms with Crippen LogP contribution in [-0.4, -0.2) is 34.7 Å². The van der Waals surface area contributed by atoms with Crippen LogP contribution in [0, 0.1) is 0 Å².